The Morgan fingerprint density at radius 1 is 0.775 bits per heavy atom. The summed E-state index contributed by atoms with van der Waals surface area (Å²) in [5, 5.41) is 1.30. The number of piperazine rings is 1. The van der Waals surface area contributed by atoms with E-state index >= 15 is 0 Å². The number of aromatic nitrogens is 1. The third-order valence-electron chi connectivity index (χ3n) is 9.50. The van der Waals surface area contributed by atoms with E-state index in [0.29, 0.717) is 5.91 Å². The Morgan fingerprint density at radius 2 is 1.60 bits per heavy atom. The lowest BCUT2D eigenvalue weighted by atomic mass is 9.85. The molecule has 1 unspecified atom stereocenters. The van der Waals surface area contributed by atoms with Gasteiger partial charge in [-0.05, 0) is 72.7 Å². The molecule has 1 aromatic heterocycles. The molecule has 1 saturated heterocycles. The second kappa shape index (κ2) is 11.1. The summed E-state index contributed by atoms with van der Waals surface area (Å²) in [6, 6.07) is 26.4. The van der Waals surface area contributed by atoms with Crippen molar-refractivity contribution in [3.8, 4) is 11.1 Å². The Bertz CT molecular complexity index is 1460. The number of nitrogens with one attached hydrogen (secondary N) is 1. The Morgan fingerprint density at radius 3 is 2.42 bits per heavy atom. The van der Waals surface area contributed by atoms with Crippen LogP contribution < -0.4 is 9.80 Å². The number of amides is 1. The lowest BCUT2D eigenvalue weighted by molar-refractivity contribution is -0.124. The third kappa shape index (κ3) is 4.92. The van der Waals surface area contributed by atoms with Crippen molar-refractivity contribution < 1.29 is 4.79 Å². The minimum Gasteiger partial charge on any atom is -0.368 e. The van der Waals surface area contributed by atoms with Gasteiger partial charge in [0.15, 0.2) is 0 Å². The van der Waals surface area contributed by atoms with Crippen molar-refractivity contribution >= 4 is 28.2 Å². The summed E-state index contributed by atoms with van der Waals surface area (Å²) in [7, 11) is 0. The highest BCUT2D eigenvalue weighted by molar-refractivity contribution is 5.97. The van der Waals surface area contributed by atoms with Crippen molar-refractivity contribution in [1.29, 1.82) is 0 Å². The molecule has 206 valence electrons. The molecule has 1 saturated carbocycles. The molecule has 7 rings (SSSR count). The SMILES string of the molecule is O=C(C1CCCCC1)N1c2ccc(-c3ccccc3)cc2CCC1CN1CCN(c2cccc3[nH]ccc23)CC1. The van der Waals surface area contributed by atoms with Crippen LogP contribution in [0.3, 0.4) is 0 Å². The van der Waals surface area contributed by atoms with E-state index < -0.39 is 0 Å². The highest BCUT2D eigenvalue weighted by atomic mass is 16.2. The molecule has 1 amide bonds. The van der Waals surface area contributed by atoms with Gasteiger partial charge >= 0.3 is 0 Å². The predicted molar refractivity (Wildman–Crippen MR) is 165 cm³/mol. The van der Waals surface area contributed by atoms with E-state index in [9.17, 15) is 4.79 Å². The largest absolute Gasteiger partial charge is 0.368 e. The first-order valence-corrected chi connectivity index (χ1v) is 15.3. The van der Waals surface area contributed by atoms with Gasteiger partial charge in [0.2, 0.25) is 5.91 Å². The number of anilines is 2. The lowest BCUT2D eigenvalue weighted by Crippen LogP contribution is -2.55. The van der Waals surface area contributed by atoms with Gasteiger partial charge in [0.25, 0.3) is 0 Å². The van der Waals surface area contributed by atoms with Crippen molar-refractivity contribution in [2.45, 2.75) is 51.0 Å². The van der Waals surface area contributed by atoms with Crippen LogP contribution in [0.2, 0.25) is 0 Å². The number of carbonyl (C=O) groups excluding carboxylic acids is 1. The standard InChI is InChI=1S/C35H40N4O/c40-35(27-10-5-2-6-11-27)39-30(16-14-29-24-28(15-17-33(29)39)26-8-3-1-4-9-26)25-37-20-22-38(23-21-37)34-13-7-12-32-31(34)18-19-36-32/h1,3-4,7-9,12-13,15,17-19,24,27,30,36H,2,5-6,10-11,14,16,20-23,25H2. The van der Waals surface area contributed by atoms with Crippen molar-refractivity contribution in [2.24, 2.45) is 5.92 Å². The number of carbonyl (C=O) groups is 1. The van der Waals surface area contributed by atoms with Gasteiger partial charge < -0.3 is 14.8 Å². The van der Waals surface area contributed by atoms with E-state index in [1.165, 1.54) is 52.5 Å². The van der Waals surface area contributed by atoms with Crippen LogP contribution in [0, 0.1) is 5.92 Å². The molecule has 5 nitrogen and oxygen atoms in total. The van der Waals surface area contributed by atoms with E-state index in [1.807, 2.05) is 6.20 Å². The predicted octanol–water partition coefficient (Wildman–Crippen LogP) is 6.89. The fourth-order valence-corrected chi connectivity index (χ4v) is 7.31. The van der Waals surface area contributed by atoms with Crippen LogP contribution in [-0.4, -0.2) is 54.6 Å². The molecule has 3 aromatic carbocycles. The smallest absolute Gasteiger partial charge is 0.230 e. The molecular formula is C35H40N4O. The van der Waals surface area contributed by atoms with Gasteiger partial charge in [-0.3, -0.25) is 9.69 Å². The van der Waals surface area contributed by atoms with E-state index in [0.717, 1.165) is 64.1 Å². The van der Waals surface area contributed by atoms with E-state index in [4.69, 9.17) is 0 Å². The van der Waals surface area contributed by atoms with Crippen LogP contribution in [0.1, 0.15) is 44.1 Å². The molecule has 2 aliphatic heterocycles. The van der Waals surface area contributed by atoms with Gasteiger partial charge in [0, 0.05) is 73.2 Å². The molecule has 4 aromatic rings. The summed E-state index contributed by atoms with van der Waals surface area (Å²) in [5.41, 5.74) is 7.50. The van der Waals surface area contributed by atoms with E-state index in [1.54, 1.807) is 0 Å². The molecule has 5 heteroatoms. The topological polar surface area (TPSA) is 42.6 Å². The number of benzene rings is 3. The first-order valence-electron chi connectivity index (χ1n) is 15.3. The zero-order chi connectivity index (χ0) is 26.9. The Labute approximate surface area is 237 Å². The molecule has 0 radical (unpaired) electrons. The number of hydrogen-bond acceptors (Lipinski definition) is 3. The van der Waals surface area contributed by atoms with Crippen molar-refractivity contribution in [2.75, 3.05) is 42.5 Å². The summed E-state index contributed by atoms with van der Waals surface area (Å²) >= 11 is 0. The first-order chi connectivity index (χ1) is 19.7. The van der Waals surface area contributed by atoms with Gasteiger partial charge in [-0.2, -0.15) is 0 Å². The number of rotatable bonds is 5. The highest BCUT2D eigenvalue weighted by Crippen LogP contribution is 2.38. The number of fused-ring (bicyclic) bond motifs is 2. The van der Waals surface area contributed by atoms with Crippen LogP contribution in [-0.2, 0) is 11.2 Å². The van der Waals surface area contributed by atoms with Gasteiger partial charge in [0.1, 0.15) is 0 Å². The minimum atomic E-state index is 0.176. The van der Waals surface area contributed by atoms with Crippen molar-refractivity contribution in [1.82, 2.24) is 9.88 Å². The molecule has 3 aliphatic rings. The van der Waals surface area contributed by atoms with Crippen molar-refractivity contribution in [3.05, 3.63) is 84.6 Å². The maximum absolute atomic E-state index is 14.2. The normalized spacial score (nSPS) is 20.6. The molecule has 0 bridgehead atoms. The molecule has 2 fully saturated rings. The average molecular weight is 533 g/mol. The summed E-state index contributed by atoms with van der Waals surface area (Å²) < 4.78 is 0. The summed E-state index contributed by atoms with van der Waals surface area (Å²) in [6.07, 6.45) is 9.83. The summed E-state index contributed by atoms with van der Waals surface area (Å²) in [6.45, 7) is 5.06. The molecular weight excluding hydrogens is 492 g/mol. The number of hydrogen-bond donors (Lipinski definition) is 1. The quantitative estimate of drug-likeness (QED) is 0.305. The van der Waals surface area contributed by atoms with Gasteiger partial charge in [-0.25, -0.2) is 0 Å². The molecule has 1 aliphatic carbocycles. The van der Waals surface area contributed by atoms with Crippen LogP contribution in [0.15, 0.2) is 79.0 Å². The summed E-state index contributed by atoms with van der Waals surface area (Å²) in [5.74, 6) is 0.547. The first kappa shape index (κ1) is 25.4. The third-order valence-corrected chi connectivity index (χ3v) is 9.50. The molecule has 3 heterocycles. The number of aromatic amines is 1. The Kier molecular flexibility index (Phi) is 7.07. The highest BCUT2D eigenvalue weighted by Gasteiger charge is 2.36. The molecule has 0 spiro atoms. The number of H-pyrrole nitrogens is 1. The van der Waals surface area contributed by atoms with Gasteiger partial charge in [-0.15, -0.1) is 0 Å². The Hall–Kier alpha value is -3.57. The lowest BCUT2D eigenvalue weighted by Gasteiger charge is -2.44. The zero-order valence-electron chi connectivity index (χ0n) is 23.4. The maximum atomic E-state index is 14.2. The molecule has 1 N–H and O–H groups in total. The molecule has 40 heavy (non-hydrogen) atoms. The van der Waals surface area contributed by atoms with Gasteiger partial charge in [-0.1, -0.05) is 61.7 Å². The summed E-state index contributed by atoms with van der Waals surface area (Å²) in [4.78, 5) is 24.9. The Balaban J connectivity index is 1.11. The van der Waals surface area contributed by atoms with Crippen LogP contribution in [0.5, 0.6) is 0 Å². The minimum absolute atomic E-state index is 0.176. The number of aryl methyl sites for hydroxylation is 1. The average Bonchev–Trinajstić information content (AvgIpc) is 3.51. The van der Waals surface area contributed by atoms with Crippen molar-refractivity contribution in [3.63, 3.8) is 0 Å². The van der Waals surface area contributed by atoms with Crippen LogP contribution in [0.4, 0.5) is 11.4 Å². The zero-order valence-corrected chi connectivity index (χ0v) is 23.4. The number of nitrogens with zero attached hydrogens (tertiary/aromatic N) is 3. The monoisotopic (exact) mass is 532 g/mol. The van der Waals surface area contributed by atoms with Crippen LogP contribution in [0.25, 0.3) is 22.0 Å². The van der Waals surface area contributed by atoms with E-state index in [-0.39, 0.29) is 12.0 Å². The fraction of sp³-hybridized carbons (Fsp3) is 0.400. The second-order valence-corrected chi connectivity index (χ2v) is 11.9. The van der Waals surface area contributed by atoms with E-state index in [2.05, 4.69) is 92.5 Å². The second-order valence-electron chi connectivity index (χ2n) is 11.9. The van der Waals surface area contributed by atoms with Gasteiger partial charge in [0.05, 0.1) is 0 Å². The van der Waals surface area contributed by atoms with Crippen LogP contribution >= 0.6 is 0 Å². The maximum Gasteiger partial charge on any atom is 0.230 e. The molecule has 1 atom stereocenters. The fourth-order valence-electron chi connectivity index (χ4n) is 7.31.